The molecule has 0 amide bonds. The molecule has 7 nitrogen and oxygen atoms in total. The Balaban J connectivity index is 0.00000228. The monoisotopic (exact) mass is 457 g/mol. The van der Waals surface area contributed by atoms with Crippen molar-refractivity contribution < 1.29 is 0 Å². The SMILES string of the molecule is Cc1cncc(-c2ccc3[nH]nc(-c4cn(-c5ccc6c(c5)C(C)NCC6)nn4)c3c2)c1.Cl. The molecule has 1 aliphatic rings. The quantitative estimate of drug-likeness (QED) is 0.406. The second-order valence-electron chi connectivity index (χ2n) is 8.44. The van der Waals surface area contributed by atoms with E-state index < -0.39 is 0 Å². The molecule has 0 saturated carbocycles. The first kappa shape index (κ1) is 21.3. The van der Waals surface area contributed by atoms with Crippen LogP contribution in [0, 0.1) is 6.92 Å². The first-order valence-corrected chi connectivity index (χ1v) is 10.9. The van der Waals surface area contributed by atoms with Gasteiger partial charge < -0.3 is 5.32 Å². The van der Waals surface area contributed by atoms with Gasteiger partial charge in [-0.25, -0.2) is 4.68 Å². The first-order valence-electron chi connectivity index (χ1n) is 10.9. The zero-order valence-corrected chi connectivity index (χ0v) is 19.2. The number of halogens is 1. The summed E-state index contributed by atoms with van der Waals surface area (Å²) in [7, 11) is 0. The molecular weight excluding hydrogens is 434 g/mol. The Morgan fingerprint density at radius 1 is 1.03 bits per heavy atom. The highest BCUT2D eigenvalue weighted by Gasteiger charge is 2.18. The minimum atomic E-state index is 0. The van der Waals surface area contributed by atoms with Crippen LogP contribution < -0.4 is 5.32 Å². The minimum Gasteiger partial charge on any atom is -0.310 e. The maximum atomic E-state index is 4.54. The number of benzene rings is 2. The van der Waals surface area contributed by atoms with Crippen molar-refractivity contribution in [2.75, 3.05) is 6.54 Å². The number of aromatic nitrogens is 6. The summed E-state index contributed by atoms with van der Waals surface area (Å²) >= 11 is 0. The van der Waals surface area contributed by atoms with Gasteiger partial charge in [-0.2, -0.15) is 5.10 Å². The Kier molecular flexibility index (Phi) is 5.44. The molecule has 3 aromatic heterocycles. The Labute approximate surface area is 197 Å². The topological polar surface area (TPSA) is 84.3 Å². The molecule has 0 aliphatic carbocycles. The molecule has 6 rings (SSSR count). The fraction of sp³-hybridized carbons (Fsp3) is 0.200. The van der Waals surface area contributed by atoms with E-state index in [0.717, 1.165) is 57.6 Å². The van der Waals surface area contributed by atoms with E-state index in [1.807, 2.05) is 36.3 Å². The van der Waals surface area contributed by atoms with E-state index in [1.165, 1.54) is 11.1 Å². The summed E-state index contributed by atoms with van der Waals surface area (Å²) in [4.78, 5) is 4.33. The normalized spacial score (nSPS) is 15.3. The fourth-order valence-electron chi connectivity index (χ4n) is 4.49. The molecule has 2 N–H and O–H groups in total. The zero-order valence-electron chi connectivity index (χ0n) is 18.4. The van der Waals surface area contributed by atoms with Crippen molar-refractivity contribution in [3.8, 4) is 28.2 Å². The van der Waals surface area contributed by atoms with Crippen LogP contribution in [0.2, 0.25) is 0 Å². The number of rotatable bonds is 3. The Morgan fingerprint density at radius 3 is 2.82 bits per heavy atom. The number of pyridine rings is 1. The second kappa shape index (κ2) is 8.42. The summed E-state index contributed by atoms with van der Waals surface area (Å²) in [6.07, 6.45) is 6.75. The third-order valence-electron chi connectivity index (χ3n) is 6.21. The van der Waals surface area contributed by atoms with Gasteiger partial charge in [0.15, 0.2) is 0 Å². The van der Waals surface area contributed by atoms with Gasteiger partial charge in [0.2, 0.25) is 0 Å². The van der Waals surface area contributed by atoms with Crippen LogP contribution in [0.25, 0.3) is 39.1 Å². The minimum absolute atomic E-state index is 0. The number of H-pyrrole nitrogens is 1. The number of aromatic amines is 1. The first-order chi connectivity index (χ1) is 15.7. The Bertz CT molecular complexity index is 1450. The van der Waals surface area contributed by atoms with Crippen molar-refractivity contribution in [1.29, 1.82) is 0 Å². The van der Waals surface area contributed by atoms with Crippen molar-refractivity contribution in [2.45, 2.75) is 26.3 Å². The van der Waals surface area contributed by atoms with Crippen LogP contribution in [0.3, 0.4) is 0 Å². The van der Waals surface area contributed by atoms with Crippen LogP contribution in [-0.4, -0.2) is 36.7 Å². The fourth-order valence-corrected chi connectivity index (χ4v) is 4.49. The van der Waals surface area contributed by atoms with Crippen molar-refractivity contribution >= 4 is 23.3 Å². The van der Waals surface area contributed by atoms with Crippen LogP contribution in [0.15, 0.2) is 61.1 Å². The summed E-state index contributed by atoms with van der Waals surface area (Å²) in [6, 6.07) is 15.3. The lowest BCUT2D eigenvalue weighted by Gasteiger charge is -2.24. The van der Waals surface area contributed by atoms with Gasteiger partial charge in [0.05, 0.1) is 17.4 Å². The number of fused-ring (bicyclic) bond motifs is 2. The molecule has 2 aromatic carbocycles. The van der Waals surface area contributed by atoms with E-state index >= 15 is 0 Å². The predicted octanol–water partition coefficient (Wildman–Crippen LogP) is 4.81. The standard InChI is InChI=1S/C25H23N7.ClH/c1-15-9-19(13-26-12-15)18-4-6-23-22(10-18)25(30-28-23)24-14-32(31-29-24)20-5-3-17-7-8-27-16(2)21(17)11-20;/h3-6,9-14,16,27H,7-8H2,1-2H3,(H,28,30);1H. The zero-order chi connectivity index (χ0) is 21.7. The van der Waals surface area contributed by atoms with E-state index in [2.05, 4.69) is 74.1 Å². The molecular formula is C25H24ClN7. The molecule has 166 valence electrons. The molecule has 1 atom stereocenters. The predicted molar refractivity (Wildman–Crippen MR) is 132 cm³/mol. The van der Waals surface area contributed by atoms with Crippen LogP contribution in [0.1, 0.15) is 29.7 Å². The maximum Gasteiger partial charge on any atom is 0.134 e. The van der Waals surface area contributed by atoms with Gasteiger partial charge in [0.25, 0.3) is 0 Å². The second-order valence-corrected chi connectivity index (χ2v) is 8.44. The smallest absolute Gasteiger partial charge is 0.134 e. The average molecular weight is 458 g/mol. The molecule has 5 aromatic rings. The molecule has 1 unspecified atom stereocenters. The Morgan fingerprint density at radius 2 is 1.94 bits per heavy atom. The molecule has 4 heterocycles. The average Bonchev–Trinajstić information content (AvgIpc) is 3.46. The van der Waals surface area contributed by atoms with Gasteiger partial charge >= 0.3 is 0 Å². The van der Waals surface area contributed by atoms with Gasteiger partial charge in [-0.1, -0.05) is 17.3 Å². The van der Waals surface area contributed by atoms with Crippen LogP contribution in [0.4, 0.5) is 0 Å². The largest absolute Gasteiger partial charge is 0.310 e. The summed E-state index contributed by atoms with van der Waals surface area (Å²) in [5.74, 6) is 0. The lowest BCUT2D eigenvalue weighted by atomic mass is 9.95. The maximum absolute atomic E-state index is 4.54. The molecule has 0 fully saturated rings. The highest BCUT2D eigenvalue weighted by molar-refractivity contribution is 5.94. The summed E-state index contributed by atoms with van der Waals surface area (Å²) in [5.41, 5.74) is 9.54. The van der Waals surface area contributed by atoms with Gasteiger partial charge in [-0.15, -0.1) is 17.5 Å². The lowest BCUT2D eigenvalue weighted by molar-refractivity contribution is 0.540. The van der Waals surface area contributed by atoms with Crippen molar-refractivity contribution in [2.24, 2.45) is 0 Å². The number of hydrogen-bond donors (Lipinski definition) is 2. The van der Waals surface area contributed by atoms with E-state index in [0.29, 0.717) is 6.04 Å². The number of nitrogens with one attached hydrogen (secondary N) is 2. The van der Waals surface area contributed by atoms with Crippen LogP contribution in [-0.2, 0) is 6.42 Å². The molecule has 0 bridgehead atoms. The van der Waals surface area contributed by atoms with Gasteiger partial charge in [-0.3, -0.25) is 10.1 Å². The summed E-state index contributed by atoms with van der Waals surface area (Å²) in [5, 5.41) is 21.0. The van der Waals surface area contributed by atoms with Crippen LogP contribution >= 0.6 is 12.4 Å². The highest BCUT2D eigenvalue weighted by Crippen LogP contribution is 2.30. The lowest BCUT2D eigenvalue weighted by Crippen LogP contribution is -2.27. The van der Waals surface area contributed by atoms with Gasteiger partial charge in [-0.05, 0) is 79.4 Å². The van der Waals surface area contributed by atoms with Crippen molar-refractivity contribution in [3.63, 3.8) is 0 Å². The van der Waals surface area contributed by atoms with Gasteiger partial charge in [0, 0.05) is 29.4 Å². The summed E-state index contributed by atoms with van der Waals surface area (Å²) < 4.78 is 1.83. The van der Waals surface area contributed by atoms with Crippen molar-refractivity contribution in [3.05, 3.63) is 77.7 Å². The van der Waals surface area contributed by atoms with E-state index in [1.54, 1.807) is 0 Å². The molecule has 8 heteroatoms. The van der Waals surface area contributed by atoms with Crippen molar-refractivity contribution in [1.82, 2.24) is 35.5 Å². The number of nitrogens with zero attached hydrogens (tertiary/aromatic N) is 5. The molecule has 33 heavy (non-hydrogen) atoms. The van der Waals surface area contributed by atoms with E-state index in [9.17, 15) is 0 Å². The van der Waals surface area contributed by atoms with E-state index in [4.69, 9.17) is 0 Å². The Hall–Kier alpha value is -3.55. The number of aryl methyl sites for hydroxylation is 1. The molecule has 0 radical (unpaired) electrons. The molecule has 0 spiro atoms. The van der Waals surface area contributed by atoms with Crippen LogP contribution in [0.5, 0.6) is 0 Å². The highest BCUT2D eigenvalue weighted by atomic mass is 35.5. The van der Waals surface area contributed by atoms with Gasteiger partial charge in [0.1, 0.15) is 11.4 Å². The third-order valence-corrected chi connectivity index (χ3v) is 6.21. The molecule has 1 aliphatic heterocycles. The van der Waals surface area contributed by atoms with E-state index in [-0.39, 0.29) is 12.4 Å². The third kappa shape index (κ3) is 3.79. The molecule has 0 saturated heterocycles. The number of hydrogen-bond acceptors (Lipinski definition) is 5. The summed E-state index contributed by atoms with van der Waals surface area (Å²) in [6.45, 7) is 5.27.